The maximum atomic E-state index is 13.3. The van der Waals surface area contributed by atoms with E-state index in [4.69, 9.17) is 11.1 Å². The fraction of sp³-hybridized carbons (Fsp3) is 0.273. The van der Waals surface area contributed by atoms with Crippen molar-refractivity contribution in [1.82, 2.24) is 9.80 Å². The Morgan fingerprint density at radius 1 is 1.14 bits per heavy atom. The van der Waals surface area contributed by atoms with Crippen LogP contribution in [0.5, 0.6) is 0 Å². The number of halogens is 1. The molecule has 28 heavy (non-hydrogen) atoms. The molecule has 0 aliphatic carbocycles. The molecular formula is C22H25FN4O. The molecular weight excluding hydrogens is 355 g/mol. The van der Waals surface area contributed by atoms with Gasteiger partial charge in [0.1, 0.15) is 5.82 Å². The van der Waals surface area contributed by atoms with Crippen molar-refractivity contribution < 1.29 is 9.18 Å². The van der Waals surface area contributed by atoms with Gasteiger partial charge in [-0.2, -0.15) is 0 Å². The highest BCUT2D eigenvalue weighted by Crippen LogP contribution is 2.31. The molecule has 3 N–H and O–H groups in total. The van der Waals surface area contributed by atoms with Crippen molar-refractivity contribution >= 4 is 17.8 Å². The lowest BCUT2D eigenvalue weighted by molar-refractivity contribution is -0.125. The van der Waals surface area contributed by atoms with E-state index in [1.54, 1.807) is 17.0 Å². The molecule has 3 rings (SSSR count). The minimum atomic E-state index is -0.277. The lowest BCUT2D eigenvalue weighted by Crippen LogP contribution is -2.36. The number of hydrogen-bond acceptors (Lipinski definition) is 4. The van der Waals surface area contributed by atoms with Gasteiger partial charge in [0.2, 0.25) is 0 Å². The van der Waals surface area contributed by atoms with Gasteiger partial charge in [0.05, 0.1) is 11.3 Å². The van der Waals surface area contributed by atoms with Crippen molar-refractivity contribution in [1.29, 1.82) is 5.41 Å². The molecule has 2 aromatic rings. The van der Waals surface area contributed by atoms with E-state index in [-0.39, 0.29) is 29.3 Å². The average Bonchev–Trinajstić information content (AvgIpc) is 3.15. The Hall–Kier alpha value is -2.99. The van der Waals surface area contributed by atoms with Gasteiger partial charge in [-0.3, -0.25) is 4.79 Å². The minimum Gasteiger partial charge on any atom is -0.398 e. The number of likely N-dealkylation sites (tertiary alicyclic amines) is 1. The van der Waals surface area contributed by atoms with Crippen LogP contribution in [0.2, 0.25) is 0 Å². The van der Waals surface area contributed by atoms with E-state index < -0.39 is 0 Å². The molecule has 1 amide bonds. The van der Waals surface area contributed by atoms with Gasteiger partial charge in [-0.05, 0) is 37.4 Å². The molecule has 1 aliphatic rings. The zero-order chi connectivity index (χ0) is 20.3. The van der Waals surface area contributed by atoms with E-state index in [0.29, 0.717) is 24.4 Å². The van der Waals surface area contributed by atoms with Crippen LogP contribution in [-0.2, 0) is 4.79 Å². The van der Waals surface area contributed by atoms with Crippen LogP contribution in [0, 0.1) is 11.2 Å². The molecule has 0 spiro atoms. The van der Waals surface area contributed by atoms with Gasteiger partial charge in [-0.1, -0.05) is 42.5 Å². The summed E-state index contributed by atoms with van der Waals surface area (Å²) in [5, 5.41) is 7.74. The monoisotopic (exact) mass is 380 g/mol. The zero-order valence-electron chi connectivity index (χ0n) is 16.1. The van der Waals surface area contributed by atoms with Crippen molar-refractivity contribution in [2.75, 3.05) is 27.2 Å². The molecule has 6 heteroatoms. The third-order valence-corrected chi connectivity index (χ3v) is 5.29. The van der Waals surface area contributed by atoms with E-state index >= 15 is 0 Å². The fourth-order valence-electron chi connectivity index (χ4n) is 3.71. The molecule has 1 aliphatic heterocycles. The number of amides is 1. The fourth-order valence-corrected chi connectivity index (χ4v) is 3.71. The van der Waals surface area contributed by atoms with Crippen LogP contribution in [0.3, 0.4) is 0 Å². The highest BCUT2D eigenvalue weighted by molar-refractivity contribution is 6.17. The summed E-state index contributed by atoms with van der Waals surface area (Å²) in [6.45, 7) is 1.01. The van der Waals surface area contributed by atoms with E-state index in [1.165, 1.54) is 12.1 Å². The molecule has 1 saturated heterocycles. The molecule has 0 bridgehead atoms. The second-order valence-electron chi connectivity index (χ2n) is 7.24. The standard InChI is InChI=1S/C22H25FN4O/c1-26(2)20-14-27(13-19(20)15-8-10-17(23)11-9-15)22(28)18(12-24)21(25)16-6-4-3-5-7-16/h3-12,19-20,24H,13-14,25H2,1-2H3/b21-18+,24-12?/t19-,20+/m1/s1. The number of hydrogen-bond donors (Lipinski definition) is 2. The summed E-state index contributed by atoms with van der Waals surface area (Å²) in [5.74, 6) is -0.474. The van der Waals surface area contributed by atoms with Crippen LogP contribution in [0.4, 0.5) is 4.39 Å². The highest BCUT2D eigenvalue weighted by Gasteiger charge is 2.38. The second-order valence-corrected chi connectivity index (χ2v) is 7.24. The predicted octanol–water partition coefficient (Wildman–Crippen LogP) is 2.70. The number of nitrogens with one attached hydrogen (secondary N) is 1. The summed E-state index contributed by atoms with van der Waals surface area (Å²) in [7, 11) is 3.95. The van der Waals surface area contributed by atoms with Gasteiger partial charge in [0.25, 0.3) is 5.91 Å². The number of benzene rings is 2. The minimum absolute atomic E-state index is 0.0597. The topological polar surface area (TPSA) is 73.4 Å². The SMILES string of the molecule is CN(C)[C@H]1CN(C(=O)/C(C=N)=C(/N)c2ccccc2)C[C@@H]1c1ccc(F)cc1. The van der Waals surface area contributed by atoms with Gasteiger partial charge in [-0.25, -0.2) is 4.39 Å². The number of nitrogens with two attached hydrogens (primary N) is 1. The molecule has 0 saturated carbocycles. The molecule has 5 nitrogen and oxygen atoms in total. The lowest BCUT2D eigenvalue weighted by atomic mass is 9.94. The first kappa shape index (κ1) is 19.8. The maximum absolute atomic E-state index is 13.3. The molecule has 1 heterocycles. The first-order valence-electron chi connectivity index (χ1n) is 9.19. The number of likely N-dealkylation sites (N-methyl/N-ethyl adjacent to an activating group) is 1. The molecule has 0 aromatic heterocycles. The van der Waals surface area contributed by atoms with Gasteiger partial charge >= 0.3 is 0 Å². The predicted molar refractivity (Wildman–Crippen MR) is 110 cm³/mol. The Bertz CT molecular complexity index is 877. The number of rotatable bonds is 5. The molecule has 1 fully saturated rings. The Morgan fingerprint density at radius 3 is 2.36 bits per heavy atom. The first-order valence-corrected chi connectivity index (χ1v) is 9.19. The summed E-state index contributed by atoms with van der Waals surface area (Å²) in [6, 6.07) is 15.7. The van der Waals surface area contributed by atoms with Crippen molar-refractivity contribution in [3.8, 4) is 0 Å². The smallest absolute Gasteiger partial charge is 0.257 e. The summed E-state index contributed by atoms with van der Waals surface area (Å²) < 4.78 is 13.3. The summed E-state index contributed by atoms with van der Waals surface area (Å²) in [4.78, 5) is 17.0. The maximum Gasteiger partial charge on any atom is 0.257 e. The first-order chi connectivity index (χ1) is 13.4. The third kappa shape index (κ3) is 3.97. The number of carbonyl (C=O) groups is 1. The van der Waals surface area contributed by atoms with E-state index in [0.717, 1.165) is 11.8 Å². The zero-order valence-corrected chi connectivity index (χ0v) is 16.1. The number of carbonyl (C=O) groups excluding carboxylic acids is 1. The summed E-state index contributed by atoms with van der Waals surface area (Å²) in [6.07, 6.45) is 1.03. The van der Waals surface area contributed by atoms with E-state index in [9.17, 15) is 9.18 Å². The van der Waals surface area contributed by atoms with Crippen molar-refractivity contribution in [3.63, 3.8) is 0 Å². The van der Waals surface area contributed by atoms with E-state index in [1.807, 2.05) is 44.4 Å². The van der Waals surface area contributed by atoms with Gasteiger partial charge in [0, 0.05) is 31.3 Å². The summed E-state index contributed by atoms with van der Waals surface area (Å²) >= 11 is 0. The molecule has 146 valence electrons. The summed E-state index contributed by atoms with van der Waals surface area (Å²) in [5.41, 5.74) is 8.39. The average molecular weight is 380 g/mol. The van der Waals surface area contributed by atoms with Crippen LogP contribution in [0.15, 0.2) is 60.2 Å². The number of nitrogens with zero attached hydrogens (tertiary/aromatic N) is 2. The van der Waals surface area contributed by atoms with Gasteiger partial charge in [-0.15, -0.1) is 0 Å². The largest absolute Gasteiger partial charge is 0.398 e. The van der Waals surface area contributed by atoms with Crippen molar-refractivity contribution in [2.45, 2.75) is 12.0 Å². The Labute approximate surface area is 164 Å². The Balaban J connectivity index is 1.89. The molecule has 2 aromatic carbocycles. The Kier molecular flexibility index (Phi) is 5.90. The van der Waals surface area contributed by atoms with Gasteiger partial charge < -0.3 is 20.9 Å². The normalized spacial score (nSPS) is 20.2. The van der Waals surface area contributed by atoms with Crippen molar-refractivity contribution in [3.05, 3.63) is 77.1 Å². The highest BCUT2D eigenvalue weighted by atomic mass is 19.1. The quantitative estimate of drug-likeness (QED) is 0.619. The molecule has 0 unspecified atom stereocenters. The Morgan fingerprint density at radius 2 is 1.79 bits per heavy atom. The van der Waals surface area contributed by atoms with Crippen LogP contribution in [0.1, 0.15) is 17.0 Å². The van der Waals surface area contributed by atoms with E-state index in [2.05, 4.69) is 4.90 Å². The molecule has 2 atom stereocenters. The second kappa shape index (κ2) is 8.35. The lowest BCUT2D eigenvalue weighted by Gasteiger charge is -2.25. The third-order valence-electron chi connectivity index (χ3n) is 5.29. The van der Waals surface area contributed by atoms with Crippen LogP contribution in [-0.4, -0.2) is 55.1 Å². The van der Waals surface area contributed by atoms with Crippen LogP contribution < -0.4 is 5.73 Å². The van der Waals surface area contributed by atoms with Gasteiger partial charge in [0.15, 0.2) is 0 Å². The molecule has 0 radical (unpaired) electrons. The van der Waals surface area contributed by atoms with Crippen LogP contribution in [0.25, 0.3) is 5.70 Å². The van der Waals surface area contributed by atoms with Crippen molar-refractivity contribution in [2.24, 2.45) is 5.73 Å². The van der Waals surface area contributed by atoms with Crippen LogP contribution >= 0.6 is 0 Å².